The number of para-hydroxylation sites is 1. The number of hydrogen-bond acceptors (Lipinski definition) is 3. The van der Waals surface area contributed by atoms with Crippen LogP contribution in [0.2, 0.25) is 0 Å². The molecule has 1 aromatic carbocycles. The van der Waals surface area contributed by atoms with E-state index in [9.17, 15) is 4.79 Å². The molecule has 23 heavy (non-hydrogen) atoms. The summed E-state index contributed by atoms with van der Waals surface area (Å²) in [7, 11) is 2.11. The Balaban J connectivity index is 1.36. The third-order valence-corrected chi connectivity index (χ3v) is 4.62. The van der Waals surface area contributed by atoms with E-state index >= 15 is 0 Å². The number of aromatic amines is 1. The van der Waals surface area contributed by atoms with Crippen LogP contribution < -0.4 is 5.32 Å². The second-order valence-electron chi connectivity index (χ2n) is 6.29. The molecule has 0 spiro atoms. The number of fused-ring (bicyclic) bond motifs is 1. The van der Waals surface area contributed by atoms with Crippen LogP contribution >= 0.6 is 0 Å². The van der Waals surface area contributed by atoms with Gasteiger partial charge in [-0.25, -0.2) is 0 Å². The molecular weight excluding hydrogens is 288 g/mol. The third kappa shape index (κ3) is 4.12. The van der Waals surface area contributed by atoms with E-state index in [0.717, 1.165) is 45.7 Å². The van der Waals surface area contributed by atoms with Gasteiger partial charge in [-0.15, -0.1) is 0 Å². The van der Waals surface area contributed by atoms with Crippen LogP contribution in [0.5, 0.6) is 0 Å². The summed E-state index contributed by atoms with van der Waals surface area (Å²) >= 11 is 0. The average molecular weight is 314 g/mol. The molecule has 1 aliphatic heterocycles. The van der Waals surface area contributed by atoms with Gasteiger partial charge in [0.25, 0.3) is 0 Å². The predicted molar refractivity (Wildman–Crippen MR) is 93.6 cm³/mol. The smallest absolute Gasteiger partial charge is 0.223 e. The lowest BCUT2D eigenvalue weighted by atomic mass is 10.1. The largest absolute Gasteiger partial charge is 0.361 e. The van der Waals surface area contributed by atoms with Crippen molar-refractivity contribution in [2.45, 2.75) is 12.8 Å². The minimum absolute atomic E-state index is 0.276. The Morgan fingerprint density at radius 1 is 1.17 bits per heavy atom. The monoisotopic (exact) mass is 314 g/mol. The second-order valence-corrected chi connectivity index (χ2v) is 6.29. The van der Waals surface area contributed by atoms with Crippen molar-refractivity contribution in [3.8, 4) is 0 Å². The van der Waals surface area contributed by atoms with E-state index in [1.54, 1.807) is 0 Å². The molecule has 3 rings (SSSR count). The highest BCUT2D eigenvalue weighted by molar-refractivity contribution is 5.83. The maximum absolute atomic E-state index is 12.1. The highest BCUT2D eigenvalue weighted by Crippen LogP contribution is 2.17. The number of rotatable bonds is 6. The number of nitrogens with zero attached hydrogens (tertiary/aromatic N) is 2. The summed E-state index contributed by atoms with van der Waals surface area (Å²) in [4.78, 5) is 19.7. The van der Waals surface area contributed by atoms with E-state index in [0.29, 0.717) is 6.42 Å². The zero-order valence-electron chi connectivity index (χ0n) is 13.8. The van der Waals surface area contributed by atoms with E-state index < -0.39 is 0 Å². The molecule has 5 heteroatoms. The summed E-state index contributed by atoms with van der Waals surface area (Å²) in [6, 6.07) is 8.37. The second kappa shape index (κ2) is 7.62. The Morgan fingerprint density at radius 2 is 1.96 bits per heavy atom. The molecule has 0 radical (unpaired) electrons. The number of piperazine rings is 1. The van der Waals surface area contributed by atoms with Gasteiger partial charge in [0, 0.05) is 56.2 Å². The number of amides is 1. The van der Waals surface area contributed by atoms with Gasteiger partial charge in [0.1, 0.15) is 0 Å². The summed E-state index contributed by atoms with van der Waals surface area (Å²) in [5, 5.41) is 4.69. The predicted octanol–water partition coefficient (Wildman–Crippen LogP) is 1.46. The molecule has 0 bridgehead atoms. The maximum atomic E-state index is 12.1. The van der Waals surface area contributed by atoms with E-state index in [1.165, 1.54) is 16.5 Å². The van der Waals surface area contributed by atoms with Crippen LogP contribution in [0.1, 0.15) is 12.0 Å². The molecule has 2 aromatic rings. The van der Waals surface area contributed by atoms with E-state index in [4.69, 9.17) is 0 Å². The van der Waals surface area contributed by atoms with Crippen molar-refractivity contribution in [3.63, 3.8) is 0 Å². The van der Waals surface area contributed by atoms with Crippen molar-refractivity contribution < 1.29 is 4.79 Å². The fourth-order valence-corrected chi connectivity index (χ4v) is 3.10. The lowest BCUT2D eigenvalue weighted by molar-refractivity contribution is -0.132. The molecule has 0 atom stereocenters. The van der Waals surface area contributed by atoms with Crippen molar-refractivity contribution in [1.29, 1.82) is 0 Å². The molecule has 1 saturated heterocycles. The Labute approximate surface area is 137 Å². The number of carbonyl (C=O) groups is 1. The molecular formula is C18H26N4O. The van der Waals surface area contributed by atoms with E-state index in [-0.39, 0.29) is 5.91 Å². The molecule has 0 unspecified atom stereocenters. The molecule has 1 fully saturated rings. The highest BCUT2D eigenvalue weighted by atomic mass is 16.2. The zero-order valence-corrected chi connectivity index (χ0v) is 13.8. The molecule has 1 aliphatic rings. The molecule has 0 saturated carbocycles. The highest BCUT2D eigenvalue weighted by Gasteiger charge is 2.18. The van der Waals surface area contributed by atoms with Crippen molar-refractivity contribution in [2.24, 2.45) is 0 Å². The summed E-state index contributed by atoms with van der Waals surface area (Å²) in [6.45, 7) is 5.36. The van der Waals surface area contributed by atoms with Gasteiger partial charge in [-0.3, -0.25) is 4.79 Å². The number of aromatic nitrogens is 1. The molecule has 2 heterocycles. The number of hydrogen-bond donors (Lipinski definition) is 2. The van der Waals surface area contributed by atoms with Crippen LogP contribution in [0.15, 0.2) is 30.5 Å². The molecule has 1 amide bonds. The zero-order chi connectivity index (χ0) is 16.1. The first kappa shape index (κ1) is 16.0. The van der Waals surface area contributed by atoms with Gasteiger partial charge >= 0.3 is 0 Å². The Morgan fingerprint density at radius 3 is 2.78 bits per heavy atom. The lowest BCUT2D eigenvalue weighted by Crippen LogP contribution is -2.47. The topological polar surface area (TPSA) is 51.4 Å². The van der Waals surface area contributed by atoms with Crippen LogP contribution in [-0.2, 0) is 11.2 Å². The Bertz CT molecular complexity index is 643. The summed E-state index contributed by atoms with van der Waals surface area (Å²) in [6.07, 6.45) is 3.66. The van der Waals surface area contributed by atoms with Crippen LogP contribution in [0.25, 0.3) is 10.9 Å². The van der Waals surface area contributed by atoms with Gasteiger partial charge in [0.05, 0.1) is 0 Å². The third-order valence-electron chi connectivity index (χ3n) is 4.62. The standard InChI is InChI=1S/C18H26N4O/c1-21-10-12-22(13-11-21)18(23)7-9-19-8-6-15-14-20-17-5-3-2-4-16(15)17/h2-5,14,19-20H,6-13H2,1H3. The average Bonchev–Trinajstić information content (AvgIpc) is 2.98. The van der Waals surface area contributed by atoms with Crippen LogP contribution in [0, 0.1) is 0 Å². The molecule has 2 N–H and O–H groups in total. The fourth-order valence-electron chi connectivity index (χ4n) is 3.10. The van der Waals surface area contributed by atoms with Crippen LogP contribution in [0.3, 0.4) is 0 Å². The summed E-state index contributed by atoms with van der Waals surface area (Å²) in [5.74, 6) is 0.276. The van der Waals surface area contributed by atoms with Gasteiger partial charge in [-0.05, 0) is 31.6 Å². The molecule has 5 nitrogen and oxygen atoms in total. The van der Waals surface area contributed by atoms with Crippen molar-refractivity contribution in [3.05, 3.63) is 36.0 Å². The first-order valence-electron chi connectivity index (χ1n) is 8.46. The summed E-state index contributed by atoms with van der Waals surface area (Å²) < 4.78 is 0. The molecule has 1 aromatic heterocycles. The number of nitrogens with one attached hydrogen (secondary N) is 2. The first-order valence-corrected chi connectivity index (χ1v) is 8.46. The van der Waals surface area contributed by atoms with Gasteiger partial charge in [-0.2, -0.15) is 0 Å². The van der Waals surface area contributed by atoms with E-state index in [1.807, 2.05) is 11.0 Å². The van der Waals surface area contributed by atoms with Crippen LogP contribution in [0.4, 0.5) is 0 Å². The van der Waals surface area contributed by atoms with Crippen molar-refractivity contribution in [2.75, 3.05) is 46.3 Å². The fraction of sp³-hybridized carbons (Fsp3) is 0.500. The Kier molecular flexibility index (Phi) is 5.31. The Hall–Kier alpha value is -1.85. The lowest BCUT2D eigenvalue weighted by Gasteiger charge is -2.32. The van der Waals surface area contributed by atoms with Crippen LogP contribution in [-0.4, -0.2) is 67.0 Å². The number of H-pyrrole nitrogens is 1. The first-order chi connectivity index (χ1) is 11.2. The minimum Gasteiger partial charge on any atom is -0.361 e. The van der Waals surface area contributed by atoms with E-state index in [2.05, 4.69) is 46.6 Å². The van der Waals surface area contributed by atoms with Crippen molar-refractivity contribution in [1.82, 2.24) is 20.1 Å². The number of likely N-dealkylation sites (N-methyl/N-ethyl adjacent to an activating group) is 1. The normalized spacial score (nSPS) is 16.1. The quantitative estimate of drug-likeness (QED) is 0.794. The molecule has 124 valence electrons. The van der Waals surface area contributed by atoms with Crippen molar-refractivity contribution >= 4 is 16.8 Å². The maximum Gasteiger partial charge on any atom is 0.223 e. The SMILES string of the molecule is CN1CCN(C(=O)CCNCCc2c[nH]c3ccccc23)CC1. The van der Waals surface area contributed by atoms with Gasteiger partial charge in [0.2, 0.25) is 5.91 Å². The number of carbonyl (C=O) groups excluding carboxylic acids is 1. The number of benzene rings is 1. The van der Waals surface area contributed by atoms with Gasteiger partial charge in [-0.1, -0.05) is 18.2 Å². The van der Waals surface area contributed by atoms with Gasteiger partial charge in [0.15, 0.2) is 0 Å². The minimum atomic E-state index is 0.276. The van der Waals surface area contributed by atoms with Gasteiger partial charge < -0.3 is 20.1 Å². The molecule has 0 aliphatic carbocycles. The summed E-state index contributed by atoms with van der Waals surface area (Å²) in [5.41, 5.74) is 2.52.